The van der Waals surface area contributed by atoms with Gasteiger partial charge in [0.15, 0.2) is 0 Å². The molecule has 5 nitrogen and oxygen atoms in total. The van der Waals surface area contributed by atoms with Crippen LogP contribution < -0.4 is 14.8 Å². The molecule has 0 saturated heterocycles. The van der Waals surface area contributed by atoms with Crippen LogP contribution in [-0.4, -0.2) is 43.1 Å². The lowest BCUT2D eigenvalue weighted by atomic mass is 10.1. The summed E-state index contributed by atoms with van der Waals surface area (Å²) in [6, 6.07) is 7.29. The average molecular weight is 396 g/mol. The number of hydrogen-bond donors (Lipinski definition) is 2. The molecule has 1 aromatic rings. The van der Waals surface area contributed by atoms with E-state index in [9.17, 15) is 9.90 Å². The van der Waals surface area contributed by atoms with E-state index in [1.807, 2.05) is 24.3 Å². The van der Waals surface area contributed by atoms with Gasteiger partial charge in [-0.2, -0.15) is 0 Å². The van der Waals surface area contributed by atoms with Crippen molar-refractivity contribution < 1.29 is 19.4 Å². The predicted octanol–water partition coefficient (Wildman–Crippen LogP) is 4.16. The molecule has 0 aliphatic rings. The SMILES string of the molecule is CCCCCCCCNC(=O)C=CSC(CO)COc1ccc(OC)cc1. The minimum atomic E-state index is -0.130. The molecule has 0 aliphatic carbocycles. The number of methoxy groups -OCH3 is 1. The zero-order valence-corrected chi connectivity index (χ0v) is 17.3. The van der Waals surface area contributed by atoms with Crippen molar-refractivity contribution >= 4 is 17.7 Å². The summed E-state index contributed by atoms with van der Waals surface area (Å²) in [7, 11) is 1.62. The molecule has 1 rings (SSSR count). The Bertz CT molecular complexity index is 533. The number of aliphatic hydroxyl groups is 1. The lowest BCUT2D eigenvalue weighted by Gasteiger charge is -2.13. The summed E-state index contributed by atoms with van der Waals surface area (Å²) < 4.78 is 10.8. The Morgan fingerprint density at radius 2 is 1.81 bits per heavy atom. The summed E-state index contributed by atoms with van der Waals surface area (Å²) in [6.45, 7) is 3.25. The van der Waals surface area contributed by atoms with Crippen LogP contribution in [0.1, 0.15) is 45.4 Å². The molecular formula is C21H33NO4S. The Labute approximate surface area is 167 Å². The third kappa shape index (κ3) is 11.6. The molecule has 1 amide bonds. The Morgan fingerprint density at radius 1 is 1.15 bits per heavy atom. The van der Waals surface area contributed by atoms with Crippen LogP contribution in [-0.2, 0) is 4.79 Å². The highest BCUT2D eigenvalue weighted by atomic mass is 32.2. The van der Waals surface area contributed by atoms with Gasteiger partial charge in [-0.3, -0.25) is 4.79 Å². The summed E-state index contributed by atoms with van der Waals surface area (Å²) in [6.07, 6.45) is 8.75. The molecule has 0 aromatic heterocycles. The van der Waals surface area contributed by atoms with E-state index < -0.39 is 0 Å². The summed E-state index contributed by atoms with van der Waals surface area (Å²) in [4.78, 5) is 11.8. The number of thioether (sulfide) groups is 1. The number of amides is 1. The van der Waals surface area contributed by atoms with Gasteiger partial charge in [0, 0.05) is 12.6 Å². The zero-order valence-electron chi connectivity index (χ0n) is 16.5. The topological polar surface area (TPSA) is 67.8 Å². The van der Waals surface area contributed by atoms with Gasteiger partial charge < -0.3 is 19.9 Å². The van der Waals surface area contributed by atoms with Crippen LogP contribution in [0.2, 0.25) is 0 Å². The van der Waals surface area contributed by atoms with Crippen LogP contribution in [0.5, 0.6) is 11.5 Å². The lowest BCUT2D eigenvalue weighted by Crippen LogP contribution is -2.22. The molecule has 0 saturated carbocycles. The number of benzene rings is 1. The molecule has 152 valence electrons. The number of unbranched alkanes of at least 4 members (excludes halogenated alkanes) is 5. The van der Waals surface area contributed by atoms with E-state index in [-0.39, 0.29) is 17.8 Å². The highest BCUT2D eigenvalue weighted by molar-refractivity contribution is 8.02. The summed E-state index contributed by atoms with van der Waals surface area (Å²) in [5.41, 5.74) is 0. The number of carbonyl (C=O) groups is 1. The Morgan fingerprint density at radius 3 is 2.48 bits per heavy atom. The molecule has 0 fully saturated rings. The largest absolute Gasteiger partial charge is 0.497 e. The minimum Gasteiger partial charge on any atom is -0.497 e. The van der Waals surface area contributed by atoms with Gasteiger partial charge >= 0.3 is 0 Å². The third-order valence-corrected chi connectivity index (χ3v) is 4.98. The normalized spacial score (nSPS) is 12.1. The summed E-state index contributed by atoms with van der Waals surface area (Å²) in [5, 5.41) is 13.9. The van der Waals surface area contributed by atoms with Crippen molar-refractivity contribution in [1.82, 2.24) is 5.32 Å². The first-order chi connectivity index (χ1) is 13.2. The number of ether oxygens (including phenoxy) is 2. The van der Waals surface area contributed by atoms with Crippen molar-refractivity contribution in [3.63, 3.8) is 0 Å². The van der Waals surface area contributed by atoms with Crippen LogP contribution >= 0.6 is 11.8 Å². The Hall–Kier alpha value is -1.66. The van der Waals surface area contributed by atoms with Gasteiger partial charge in [-0.25, -0.2) is 0 Å². The quantitative estimate of drug-likeness (QED) is 0.345. The molecular weight excluding hydrogens is 362 g/mol. The van der Waals surface area contributed by atoms with Gasteiger partial charge in [0.05, 0.1) is 19.0 Å². The van der Waals surface area contributed by atoms with Crippen LogP contribution in [0.4, 0.5) is 0 Å². The molecule has 1 unspecified atom stereocenters. The standard InChI is InChI=1S/C21H33NO4S/c1-3-4-5-6-7-8-14-22-21(24)13-15-27-20(16-23)17-26-19-11-9-18(25-2)10-12-19/h9-13,15,20,23H,3-8,14,16-17H2,1-2H3,(H,22,24). The van der Waals surface area contributed by atoms with E-state index in [0.717, 1.165) is 24.3 Å². The second-order valence-electron chi connectivity index (χ2n) is 6.29. The van der Waals surface area contributed by atoms with Crippen molar-refractivity contribution in [1.29, 1.82) is 0 Å². The molecule has 27 heavy (non-hydrogen) atoms. The number of nitrogens with one attached hydrogen (secondary N) is 1. The first kappa shape index (κ1) is 23.4. The highest BCUT2D eigenvalue weighted by Crippen LogP contribution is 2.19. The molecule has 0 spiro atoms. The first-order valence-electron chi connectivity index (χ1n) is 9.67. The fourth-order valence-corrected chi connectivity index (χ4v) is 3.04. The second-order valence-corrected chi connectivity index (χ2v) is 7.50. The summed E-state index contributed by atoms with van der Waals surface area (Å²) >= 11 is 1.39. The van der Waals surface area contributed by atoms with Gasteiger partial charge in [0.2, 0.25) is 5.91 Å². The molecule has 0 radical (unpaired) electrons. The van der Waals surface area contributed by atoms with E-state index in [1.54, 1.807) is 12.5 Å². The number of aliphatic hydroxyl groups excluding tert-OH is 1. The number of hydrogen-bond acceptors (Lipinski definition) is 5. The van der Waals surface area contributed by atoms with Crippen molar-refractivity contribution in [2.75, 3.05) is 26.9 Å². The van der Waals surface area contributed by atoms with Crippen LogP contribution in [0.15, 0.2) is 35.7 Å². The smallest absolute Gasteiger partial charge is 0.244 e. The van der Waals surface area contributed by atoms with Gasteiger partial charge in [0.25, 0.3) is 0 Å². The molecule has 1 aromatic carbocycles. The van der Waals surface area contributed by atoms with E-state index in [0.29, 0.717) is 13.2 Å². The highest BCUT2D eigenvalue weighted by Gasteiger charge is 2.08. The van der Waals surface area contributed by atoms with Gasteiger partial charge in [-0.1, -0.05) is 39.0 Å². The van der Waals surface area contributed by atoms with E-state index in [2.05, 4.69) is 12.2 Å². The van der Waals surface area contributed by atoms with E-state index in [1.165, 1.54) is 43.5 Å². The Balaban J connectivity index is 2.17. The Kier molecular flexibility index (Phi) is 13.3. The number of carbonyl (C=O) groups excluding carboxylic acids is 1. The van der Waals surface area contributed by atoms with Crippen LogP contribution in [0.3, 0.4) is 0 Å². The lowest BCUT2D eigenvalue weighted by molar-refractivity contribution is -0.116. The van der Waals surface area contributed by atoms with Gasteiger partial charge in [0.1, 0.15) is 18.1 Å². The van der Waals surface area contributed by atoms with Crippen molar-refractivity contribution in [2.45, 2.75) is 50.7 Å². The third-order valence-electron chi connectivity index (χ3n) is 4.02. The zero-order chi connectivity index (χ0) is 19.7. The average Bonchev–Trinajstić information content (AvgIpc) is 2.70. The first-order valence-corrected chi connectivity index (χ1v) is 10.6. The van der Waals surface area contributed by atoms with Gasteiger partial charge in [-0.15, -0.1) is 11.8 Å². The van der Waals surface area contributed by atoms with Crippen molar-refractivity contribution in [3.8, 4) is 11.5 Å². The second kappa shape index (κ2) is 15.4. The van der Waals surface area contributed by atoms with Gasteiger partial charge in [-0.05, 0) is 36.1 Å². The molecule has 0 bridgehead atoms. The predicted molar refractivity (Wildman–Crippen MR) is 112 cm³/mol. The maximum absolute atomic E-state index is 11.8. The molecule has 0 aliphatic heterocycles. The van der Waals surface area contributed by atoms with E-state index >= 15 is 0 Å². The molecule has 1 atom stereocenters. The van der Waals surface area contributed by atoms with E-state index in [4.69, 9.17) is 9.47 Å². The fraction of sp³-hybridized carbons (Fsp3) is 0.571. The molecule has 0 heterocycles. The summed E-state index contributed by atoms with van der Waals surface area (Å²) in [5.74, 6) is 1.39. The monoisotopic (exact) mass is 395 g/mol. The van der Waals surface area contributed by atoms with Crippen molar-refractivity contribution in [2.24, 2.45) is 0 Å². The van der Waals surface area contributed by atoms with Crippen LogP contribution in [0, 0.1) is 0 Å². The fourth-order valence-electron chi connectivity index (χ4n) is 2.38. The molecule has 2 N–H and O–H groups in total. The maximum Gasteiger partial charge on any atom is 0.244 e. The number of rotatable bonds is 15. The molecule has 6 heteroatoms. The van der Waals surface area contributed by atoms with Crippen LogP contribution in [0.25, 0.3) is 0 Å². The minimum absolute atomic E-state index is 0.0233. The maximum atomic E-state index is 11.8. The van der Waals surface area contributed by atoms with Crippen molar-refractivity contribution in [3.05, 3.63) is 35.7 Å².